The number of benzene rings is 3. The lowest BCUT2D eigenvalue weighted by atomic mass is 10.1. The van der Waals surface area contributed by atoms with Crippen LogP contribution in [0.1, 0.15) is 31.8 Å². The molecule has 0 aromatic heterocycles. The summed E-state index contributed by atoms with van der Waals surface area (Å²) in [5, 5.41) is 17.0. The number of hydrazone groups is 1. The van der Waals surface area contributed by atoms with Crippen molar-refractivity contribution in [1.29, 1.82) is 0 Å². The predicted molar refractivity (Wildman–Crippen MR) is 121 cm³/mol. The third-order valence-electron chi connectivity index (χ3n) is 4.11. The van der Waals surface area contributed by atoms with Crippen molar-refractivity contribution in [2.75, 3.05) is 5.32 Å². The van der Waals surface area contributed by atoms with Gasteiger partial charge in [-0.3, -0.25) is 9.59 Å². The normalized spacial score (nSPS) is 10.8. The van der Waals surface area contributed by atoms with E-state index in [1.165, 1.54) is 12.3 Å². The number of rotatable bonds is 5. The zero-order valence-corrected chi connectivity index (χ0v) is 18.2. The van der Waals surface area contributed by atoms with Gasteiger partial charge in [-0.2, -0.15) is 5.10 Å². The van der Waals surface area contributed by atoms with Crippen molar-refractivity contribution in [2.24, 2.45) is 5.10 Å². The van der Waals surface area contributed by atoms with Crippen LogP contribution in [0.3, 0.4) is 0 Å². The molecule has 0 bridgehead atoms. The molecule has 152 valence electrons. The van der Waals surface area contributed by atoms with Crippen molar-refractivity contribution in [3.63, 3.8) is 0 Å². The van der Waals surface area contributed by atoms with E-state index in [9.17, 15) is 14.7 Å². The molecule has 3 rings (SSSR count). The van der Waals surface area contributed by atoms with E-state index >= 15 is 0 Å². The number of aryl methyl sites for hydroxylation is 1. The van der Waals surface area contributed by atoms with E-state index < -0.39 is 5.91 Å². The lowest BCUT2D eigenvalue weighted by Crippen LogP contribution is -2.18. The molecular formula is C22H17BrClN3O3. The van der Waals surface area contributed by atoms with Crippen LogP contribution in [0.4, 0.5) is 5.69 Å². The third-order valence-corrected chi connectivity index (χ3v) is 4.94. The molecule has 3 N–H and O–H groups in total. The van der Waals surface area contributed by atoms with Gasteiger partial charge in [0.2, 0.25) is 0 Å². The lowest BCUT2D eigenvalue weighted by molar-refractivity contribution is 0.0954. The average Bonchev–Trinajstić information content (AvgIpc) is 2.72. The summed E-state index contributed by atoms with van der Waals surface area (Å²) in [5.41, 5.74) is 5.21. The van der Waals surface area contributed by atoms with Crippen molar-refractivity contribution in [3.05, 3.63) is 92.4 Å². The molecule has 0 atom stereocenters. The predicted octanol–water partition coefficient (Wildman–Crippen LogP) is 5.13. The number of nitrogens with one attached hydrogen (secondary N) is 2. The molecule has 0 aliphatic heterocycles. The molecular weight excluding hydrogens is 470 g/mol. The van der Waals surface area contributed by atoms with Crippen LogP contribution < -0.4 is 10.7 Å². The molecule has 0 saturated carbocycles. The molecule has 0 radical (unpaired) electrons. The van der Waals surface area contributed by atoms with Crippen molar-refractivity contribution < 1.29 is 14.7 Å². The number of amides is 2. The van der Waals surface area contributed by atoms with Gasteiger partial charge >= 0.3 is 0 Å². The van der Waals surface area contributed by atoms with E-state index in [1.807, 2.05) is 19.1 Å². The fourth-order valence-electron chi connectivity index (χ4n) is 2.60. The molecule has 30 heavy (non-hydrogen) atoms. The highest BCUT2D eigenvalue weighted by molar-refractivity contribution is 9.10. The summed E-state index contributed by atoms with van der Waals surface area (Å²) in [6.07, 6.45) is 1.29. The van der Waals surface area contributed by atoms with Crippen LogP contribution in [-0.4, -0.2) is 23.1 Å². The fraction of sp³-hybridized carbons (Fsp3) is 0.0455. The van der Waals surface area contributed by atoms with Crippen LogP contribution in [-0.2, 0) is 0 Å². The lowest BCUT2D eigenvalue weighted by Gasteiger charge is -2.07. The summed E-state index contributed by atoms with van der Waals surface area (Å²) in [6.45, 7) is 1.92. The Hall–Kier alpha value is -3.16. The molecule has 3 aromatic rings. The molecule has 0 aliphatic rings. The van der Waals surface area contributed by atoms with Gasteiger partial charge in [-0.05, 0) is 71.4 Å². The maximum Gasteiger partial charge on any atom is 0.271 e. The molecule has 0 spiro atoms. The second-order valence-corrected chi connectivity index (χ2v) is 7.72. The van der Waals surface area contributed by atoms with Gasteiger partial charge in [-0.15, -0.1) is 0 Å². The molecule has 8 heteroatoms. The Morgan fingerprint density at radius 2 is 1.77 bits per heavy atom. The smallest absolute Gasteiger partial charge is 0.271 e. The maximum atomic E-state index is 12.3. The van der Waals surface area contributed by atoms with Crippen molar-refractivity contribution in [3.8, 4) is 5.75 Å². The van der Waals surface area contributed by atoms with Gasteiger partial charge in [0, 0.05) is 27.4 Å². The molecule has 0 heterocycles. The highest BCUT2D eigenvalue weighted by atomic mass is 79.9. The molecule has 3 aromatic carbocycles. The highest BCUT2D eigenvalue weighted by Gasteiger charge is 2.09. The minimum Gasteiger partial charge on any atom is -0.506 e. The van der Waals surface area contributed by atoms with E-state index in [2.05, 4.69) is 31.8 Å². The summed E-state index contributed by atoms with van der Waals surface area (Å²) in [7, 11) is 0. The Labute approximate surface area is 186 Å². The fourth-order valence-corrected chi connectivity index (χ4v) is 3.44. The first-order valence-corrected chi connectivity index (χ1v) is 10.00. The topological polar surface area (TPSA) is 90.8 Å². The molecule has 0 fully saturated rings. The summed E-state index contributed by atoms with van der Waals surface area (Å²) >= 11 is 9.12. The largest absolute Gasteiger partial charge is 0.506 e. The minimum absolute atomic E-state index is 0.0360. The first kappa shape index (κ1) is 21.5. The molecule has 0 aliphatic carbocycles. The van der Waals surface area contributed by atoms with E-state index in [-0.39, 0.29) is 11.7 Å². The van der Waals surface area contributed by atoms with Gasteiger partial charge in [0.1, 0.15) is 5.75 Å². The van der Waals surface area contributed by atoms with E-state index in [1.54, 1.807) is 42.5 Å². The van der Waals surface area contributed by atoms with Gasteiger partial charge < -0.3 is 10.4 Å². The van der Waals surface area contributed by atoms with Gasteiger partial charge in [0.05, 0.1) is 10.7 Å². The van der Waals surface area contributed by atoms with Crippen LogP contribution >= 0.6 is 27.5 Å². The van der Waals surface area contributed by atoms with Gasteiger partial charge in [-0.25, -0.2) is 5.43 Å². The first-order chi connectivity index (χ1) is 14.3. The number of phenolic OH excluding ortho intramolecular Hbond substituents is 1. The van der Waals surface area contributed by atoms with Crippen LogP contribution in [0, 0.1) is 6.92 Å². The zero-order chi connectivity index (χ0) is 21.7. The Kier molecular flexibility index (Phi) is 6.87. The van der Waals surface area contributed by atoms with Crippen LogP contribution in [0.5, 0.6) is 5.75 Å². The Morgan fingerprint density at radius 1 is 1.03 bits per heavy atom. The molecule has 0 saturated heterocycles. The number of halogens is 2. The second kappa shape index (κ2) is 9.56. The Morgan fingerprint density at radius 3 is 2.47 bits per heavy atom. The standard InChI is InChI=1S/C22H17BrClN3O3/c1-13-3-2-4-15(9-13)21(29)26-18-7-5-14(6-8-18)22(30)27-25-12-16-10-17(24)11-19(23)20(16)28/h2-12,28H,1H3,(H,26,29)(H,27,30)/b25-12+. The Balaban J connectivity index is 1.62. The summed E-state index contributed by atoms with van der Waals surface area (Å²) in [4.78, 5) is 24.5. The minimum atomic E-state index is -0.441. The van der Waals surface area contributed by atoms with Crippen LogP contribution in [0.2, 0.25) is 5.02 Å². The first-order valence-electron chi connectivity index (χ1n) is 8.83. The number of hydrogen-bond acceptors (Lipinski definition) is 4. The summed E-state index contributed by atoms with van der Waals surface area (Å²) in [5.74, 6) is -0.706. The summed E-state index contributed by atoms with van der Waals surface area (Å²) in [6, 6.07) is 16.7. The van der Waals surface area contributed by atoms with Crippen molar-refractivity contribution in [2.45, 2.75) is 6.92 Å². The van der Waals surface area contributed by atoms with Crippen molar-refractivity contribution >= 4 is 51.2 Å². The molecule has 0 unspecified atom stereocenters. The van der Waals surface area contributed by atoms with E-state index in [4.69, 9.17) is 11.6 Å². The number of nitrogens with zero attached hydrogens (tertiary/aromatic N) is 1. The number of carbonyl (C=O) groups excluding carboxylic acids is 2. The highest BCUT2D eigenvalue weighted by Crippen LogP contribution is 2.30. The SMILES string of the molecule is Cc1cccc(C(=O)Nc2ccc(C(=O)N/N=C/c3cc(Cl)cc(Br)c3O)cc2)c1. The van der Waals surface area contributed by atoms with Crippen molar-refractivity contribution in [1.82, 2.24) is 5.43 Å². The van der Waals surface area contributed by atoms with Crippen LogP contribution in [0.15, 0.2) is 70.2 Å². The number of anilines is 1. The molecule has 6 nitrogen and oxygen atoms in total. The Bertz CT molecular complexity index is 1130. The van der Waals surface area contributed by atoms with Gasteiger partial charge in [0.15, 0.2) is 0 Å². The van der Waals surface area contributed by atoms with Gasteiger partial charge in [0.25, 0.3) is 11.8 Å². The van der Waals surface area contributed by atoms with Gasteiger partial charge in [-0.1, -0.05) is 29.3 Å². The molecule has 2 amide bonds. The quantitative estimate of drug-likeness (QED) is 0.345. The number of aromatic hydroxyl groups is 1. The van der Waals surface area contributed by atoms with Crippen LogP contribution in [0.25, 0.3) is 0 Å². The maximum absolute atomic E-state index is 12.3. The zero-order valence-electron chi connectivity index (χ0n) is 15.8. The number of phenols is 1. The van der Waals surface area contributed by atoms with E-state index in [0.717, 1.165) is 5.56 Å². The second-order valence-electron chi connectivity index (χ2n) is 6.43. The summed E-state index contributed by atoms with van der Waals surface area (Å²) < 4.78 is 0.422. The van der Waals surface area contributed by atoms with E-state index in [0.29, 0.717) is 31.9 Å². The monoisotopic (exact) mass is 485 g/mol. The average molecular weight is 487 g/mol. The number of carbonyl (C=O) groups is 2. The third kappa shape index (κ3) is 5.46. The number of hydrogen-bond donors (Lipinski definition) is 3.